The van der Waals surface area contributed by atoms with Gasteiger partial charge in [0.05, 0.1) is 11.2 Å². The van der Waals surface area contributed by atoms with Crippen molar-refractivity contribution < 1.29 is 4.39 Å². The molecule has 2 N–H and O–H groups in total. The summed E-state index contributed by atoms with van der Waals surface area (Å²) in [6.07, 6.45) is 0.658. The van der Waals surface area contributed by atoms with Crippen LogP contribution in [-0.4, -0.2) is 9.55 Å². The summed E-state index contributed by atoms with van der Waals surface area (Å²) in [5.41, 5.74) is 9.46. The van der Waals surface area contributed by atoms with Gasteiger partial charge in [0.2, 0.25) is 0 Å². The van der Waals surface area contributed by atoms with Crippen molar-refractivity contribution in [1.29, 1.82) is 0 Å². The third-order valence-electron chi connectivity index (χ3n) is 3.31. The zero-order valence-electron chi connectivity index (χ0n) is 10.6. The predicted molar refractivity (Wildman–Crippen MR) is 74.3 cm³/mol. The van der Waals surface area contributed by atoms with Crippen LogP contribution in [0.5, 0.6) is 0 Å². The molecule has 0 saturated carbocycles. The maximum atomic E-state index is 12.9. The third-order valence-corrected chi connectivity index (χ3v) is 3.31. The highest BCUT2D eigenvalue weighted by molar-refractivity contribution is 5.87. The fourth-order valence-electron chi connectivity index (χ4n) is 2.23. The Balaban J connectivity index is 2.03. The molecule has 0 aliphatic rings. The predicted octanol–water partition coefficient (Wildman–Crippen LogP) is 2.89. The molecular formula is C15H14FN3. The van der Waals surface area contributed by atoms with Crippen LogP contribution >= 0.6 is 0 Å². The molecule has 1 heterocycles. The first kappa shape index (κ1) is 11.7. The van der Waals surface area contributed by atoms with E-state index >= 15 is 0 Å². The molecule has 0 bridgehead atoms. The first-order chi connectivity index (χ1) is 9.15. The van der Waals surface area contributed by atoms with E-state index in [1.54, 1.807) is 12.1 Å². The van der Waals surface area contributed by atoms with E-state index in [1.165, 1.54) is 12.1 Å². The number of nitrogens with two attached hydrogens (primary N) is 1. The number of aromatic nitrogens is 2. The number of halogens is 1. The lowest BCUT2D eigenvalue weighted by molar-refractivity contribution is 0.627. The molecule has 1 aromatic heterocycles. The summed E-state index contributed by atoms with van der Waals surface area (Å²) in [6.45, 7) is 0. The monoisotopic (exact) mass is 255 g/mol. The van der Waals surface area contributed by atoms with E-state index in [-0.39, 0.29) is 5.82 Å². The largest absolute Gasteiger partial charge is 0.397 e. The number of nitrogens with zero attached hydrogens (tertiary/aromatic N) is 2. The van der Waals surface area contributed by atoms with Crippen LogP contribution in [0.3, 0.4) is 0 Å². The van der Waals surface area contributed by atoms with Gasteiger partial charge >= 0.3 is 0 Å². The van der Waals surface area contributed by atoms with E-state index in [2.05, 4.69) is 4.98 Å². The molecule has 0 amide bonds. The molecule has 0 unspecified atom stereocenters. The highest BCUT2D eigenvalue weighted by atomic mass is 19.1. The fourth-order valence-corrected chi connectivity index (χ4v) is 2.23. The van der Waals surface area contributed by atoms with Crippen LogP contribution in [0, 0.1) is 5.82 Å². The minimum atomic E-state index is -0.224. The van der Waals surface area contributed by atoms with Crippen molar-refractivity contribution in [3.05, 3.63) is 59.7 Å². The lowest BCUT2D eigenvalue weighted by Crippen LogP contribution is -1.99. The molecule has 3 aromatic rings. The number of imidazole rings is 1. The van der Waals surface area contributed by atoms with Gasteiger partial charge in [-0.25, -0.2) is 9.37 Å². The van der Waals surface area contributed by atoms with Crippen LogP contribution in [0.25, 0.3) is 11.0 Å². The average molecular weight is 255 g/mol. The van der Waals surface area contributed by atoms with Gasteiger partial charge in [-0.2, -0.15) is 0 Å². The Morgan fingerprint density at radius 3 is 2.58 bits per heavy atom. The van der Waals surface area contributed by atoms with Crippen LogP contribution in [0.4, 0.5) is 10.1 Å². The number of para-hydroxylation sites is 1. The topological polar surface area (TPSA) is 43.8 Å². The first-order valence-corrected chi connectivity index (χ1v) is 6.09. The Kier molecular flexibility index (Phi) is 2.71. The SMILES string of the molecule is Cn1c(Cc2ccc(F)cc2)nc2c(N)cccc21. The van der Waals surface area contributed by atoms with Gasteiger partial charge in [0.25, 0.3) is 0 Å². The Morgan fingerprint density at radius 1 is 1.16 bits per heavy atom. The highest BCUT2D eigenvalue weighted by Gasteiger charge is 2.10. The summed E-state index contributed by atoms with van der Waals surface area (Å²) < 4.78 is 14.9. The summed E-state index contributed by atoms with van der Waals surface area (Å²) in [4.78, 5) is 4.57. The molecule has 0 spiro atoms. The number of fused-ring (bicyclic) bond motifs is 1. The Bertz CT molecular complexity index is 729. The fraction of sp³-hybridized carbons (Fsp3) is 0.133. The number of anilines is 1. The summed E-state index contributed by atoms with van der Waals surface area (Å²) in [5.74, 6) is 0.692. The molecule has 0 radical (unpaired) electrons. The summed E-state index contributed by atoms with van der Waals surface area (Å²) >= 11 is 0. The molecule has 96 valence electrons. The lowest BCUT2D eigenvalue weighted by Gasteiger charge is -2.02. The summed E-state index contributed by atoms with van der Waals surface area (Å²) in [6, 6.07) is 12.2. The van der Waals surface area contributed by atoms with E-state index in [0.717, 1.165) is 22.4 Å². The van der Waals surface area contributed by atoms with Gasteiger partial charge in [0.15, 0.2) is 0 Å². The minimum Gasteiger partial charge on any atom is -0.397 e. The number of hydrogen-bond donors (Lipinski definition) is 1. The second-order valence-electron chi connectivity index (χ2n) is 4.61. The highest BCUT2D eigenvalue weighted by Crippen LogP contribution is 2.22. The number of nitrogen functional groups attached to an aromatic ring is 1. The Morgan fingerprint density at radius 2 is 1.89 bits per heavy atom. The zero-order chi connectivity index (χ0) is 13.4. The molecule has 2 aromatic carbocycles. The number of rotatable bonds is 2. The average Bonchev–Trinajstić information content (AvgIpc) is 2.72. The molecule has 4 heteroatoms. The zero-order valence-corrected chi connectivity index (χ0v) is 10.6. The molecule has 0 fully saturated rings. The van der Waals surface area contributed by atoms with Crippen molar-refractivity contribution >= 4 is 16.7 Å². The normalized spacial score (nSPS) is 11.1. The standard InChI is InChI=1S/C15H14FN3/c1-19-13-4-2-3-12(17)15(13)18-14(19)9-10-5-7-11(16)8-6-10/h2-8H,9,17H2,1H3. The second-order valence-corrected chi connectivity index (χ2v) is 4.61. The van der Waals surface area contributed by atoms with Crippen LogP contribution < -0.4 is 5.73 Å². The summed E-state index contributed by atoms with van der Waals surface area (Å²) in [7, 11) is 1.97. The minimum absolute atomic E-state index is 0.224. The van der Waals surface area contributed by atoms with Crippen molar-refractivity contribution in [2.45, 2.75) is 6.42 Å². The Hall–Kier alpha value is -2.36. The van der Waals surface area contributed by atoms with Gasteiger partial charge in [0, 0.05) is 13.5 Å². The molecule has 0 saturated heterocycles. The maximum Gasteiger partial charge on any atom is 0.123 e. The molecule has 19 heavy (non-hydrogen) atoms. The van der Waals surface area contributed by atoms with Gasteiger partial charge < -0.3 is 10.3 Å². The lowest BCUT2D eigenvalue weighted by atomic mass is 10.1. The van der Waals surface area contributed by atoms with Crippen molar-refractivity contribution in [3.63, 3.8) is 0 Å². The van der Waals surface area contributed by atoms with Crippen molar-refractivity contribution in [2.75, 3.05) is 5.73 Å². The van der Waals surface area contributed by atoms with E-state index in [4.69, 9.17) is 5.73 Å². The van der Waals surface area contributed by atoms with Gasteiger partial charge in [0.1, 0.15) is 17.2 Å². The van der Waals surface area contributed by atoms with Crippen LogP contribution in [-0.2, 0) is 13.5 Å². The number of aryl methyl sites for hydroxylation is 1. The molecule has 0 atom stereocenters. The van der Waals surface area contributed by atoms with Crippen LogP contribution in [0.2, 0.25) is 0 Å². The van der Waals surface area contributed by atoms with Gasteiger partial charge in [-0.3, -0.25) is 0 Å². The molecule has 0 aliphatic heterocycles. The van der Waals surface area contributed by atoms with E-state index < -0.39 is 0 Å². The maximum absolute atomic E-state index is 12.9. The molecule has 3 nitrogen and oxygen atoms in total. The Labute approximate surface area is 110 Å². The molecule has 0 aliphatic carbocycles. The van der Waals surface area contributed by atoms with E-state index in [9.17, 15) is 4.39 Å². The van der Waals surface area contributed by atoms with Gasteiger partial charge in [-0.15, -0.1) is 0 Å². The van der Waals surface area contributed by atoms with Crippen LogP contribution in [0.15, 0.2) is 42.5 Å². The van der Waals surface area contributed by atoms with Gasteiger partial charge in [-0.05, 0) is 29.8 Å². The molecular weight excluding hydrogens is 241 g/mol. The quantitative estimate of drug-likeness (QED) is 0.715. The second kappa shape index (κ2) is 4.39. The number of hydrogen-bond acceptors (Lipinski definition) is 2. The first-order valence-electron chi connectivity index (χ1n) is 6.09. The third kappa shape index (κ3) is 2.05. The smallest absolute Gasteiger partial charge is 0.123 e. The molecule has 3 rings (SSSR count). The van der Waals surface area contributed by atoms with E-state index in [0.29, 0.717) is 12.1 Å². The van der Waals surface area contributed by atoms with Gasteiger partial charge in [-0.1, -0.05) is 18.2 Å². The van der Waals surface area contributed by atoms with Crippen LogP contribution in [0.1, 0.15) is 11.4 Å². The van der Waals surface area contributed by atoms with E-state index in [1.807, 2.05) is 29.8 Å². The van der Waals surface area contributed by atoms with Crippen molar-refractivity contribution in [1.82, 2.24) is 9.55 Å². The van der Waals surface area contributed by atoms with Crippen molar-refractivity contribution in [3.8, 4) is 0 Å². The van der Waals surface area contributed by atoms with Crippen molar-refractivity contribution in [2.24, 2.45) is 7.05 Å². The number of benzene rings is 2. The summed E-state index contributed by atoms with van der Waals surface area (Å²) in [5, 5.41) is 0.